The van der Waals surface area contributed by atoms with Crippen molar-refractivity contribution in [3.63, 3.8) is 0 Å². The lowest BCUT2D eigenvalue weighted by molar-refractivity contribution is -0.136. The van der Waals surface area contributed by atoms with Crippen LogP contribution in [0.2, 0.25) is 0 Å². The van der Waals surface area contributed by atoms with Crippen LogP contribution in [0.3, 0.4) is 0 Å². The number of aromatic nitrogens is 1. The average Bonchev–Trinajstić information content (AvgIpc) is 3.64. The molecule has 0 spiro atoms. The summed E-state index contributed by atoms with van der Waals surface area (Å²) >= 11 is 1.19. The van der Waals surface area contributed by atoms with E-state index in [1.165, 1.54) is 33.3 Å². The number of unbranched alkanes of at least 4 members (excludes halogenated alkanes) is 1. The van der Waals surface area contributed by atoms with Gasteiger partial charge in [0.15, 0.2) is 5.01 Å². The number of aromatic hydroxyl groups is 2. The van der Waals surface area contributed by atoms with Gasteiger partial charge in [-0.2, -0.15) is 5.26 Å². The van der Waals surface area contributed by atoms with Gasteiger partial charge in [-0.3, -0.25) is 19.3 Å². The van der Waals surface area contributed by atoms with Crippen molar-refractivity contribution in [1.82, 2.24) is 25.0 Å². The summed E-state index contributed by atoms with van der Waals surface area (Å²) in [6.07, 6.45) is 3.17. The second-order valence-corrected chi connectivity index (χ2v) is 13.8. The first kappa shape index (κ1) is 37.6. The van der Waals surface area contributed by atoms with Crippen LogP contribution in [0.15, 0.2) is 30.4 Å². The Morgan fingerprint density at radius 1 is 1.06 bits per heavy atom. The van der Waals surface area contributed by atoms with Gasteiger partial charge in [0.2, 0.25) is 5.91 Å². The molecule has 3 aromatic rings. The summed E-state index contributed by atoms with van der Waals surface area (Å²) in [5, 5.41) is 34.6. The maximum Gasteiger partial charge on any atom is 0.415 e. The molecule has 0 radical (unpaired) electrons. The highest BCUT2D eigenvalue weighted by Gasteiger charge is 2.31. The predicted molar refractivity (Wildman–Crippen MR) is 190 cm³/mol. The van der Waals surface area contributed by atoms with E-state index >= 15 is 0 Å². The first-order valence-electron chi connectivity index (χ1n) is 16.1. The van der Waals surface area contributed by atoms with E-state index in [2.05, 4.69) is 23.5 Å². The molecule has 0 bridgehead atoms. The molecule has 2 aromatic carbocycles. The lowest BCUT2D eigenvalue weighted by Gasteiger charge is -2.30. The molecule has 14 heteroatoms. The third-order valence-corrected chi connectivity index (χ3v) is 9.61. The standard InChI is InChI=1S/C36H42N6O7S/c1-22-23(2)34(47)32(24(3)33(22)46)36(4,5)20-31(45)40(6)17-18-41(15-8-7-13-38-14-16-42-29(43)11-12-30(42)44)35(48)49-25-9-10-26-27(19-25)50-28(21-37)39-26/h9-12,19,38,46-47H,2-3,7-8,13-18,20H2,1,4-6H3. The molecule has 13 nitrogen and oxygen atoms in total. The van der Waals surface area contributed by atoms with Crippen LogP contribution in [-0.4, -0.2) is 100 Å². The van der Waals surface area contributed by atoms with Crippen molar-refractivity contribution in [3.8, 4) is 23.3 Å². The normalized spacial score (nSPS) is 12.8. The molecule has 1 aromatic heterocycles. The second-order valence-electron chi connectivity index (χ2n) is 12.8. The molecule has 264 valence electrons. The van der Waals surface area contributed by atoms with Crippen molar-refractivity contribution in [2.24, 2.45) is 0 Å². The van der Waals surface area contributed by atoms with E-state index in [0.29, 0.717) is 64.6 Å². The van der Waals surface area contributed by atoms with E-state index in [4.69, 9.17) is 4.74 Å². The van der Waals surface area contributed by atoms with Gasteiger partial charge in [0, 0.05) is 91.4 Å². The highest BCUT2D eigenvalue weighted by Crippen LogP contribution is 2.32. The number of rotatable bonds is 15. The molecule has 0 unspecified atom stereocenters. The van der Waals surface area contributed by atoms with E-state index < -0.39 is 11.5 Å². The van der Waals surface area contributed by atoms with Crippen LogP contribution in [0.1, 0.15) is 49.2 Å². The molecule has 0 aliphatic carbocycles. The third-order valence-electron chi connectivity index (χ3n) is 8.68. The van der Waals surface area contributed by atoms with Gasteiger partial charge in [-0.1, -0.05) is 27.0 Å². The van der Waals surface area contributed by atoms with Gasteiger partial charge >= 0.3 is 6.09 Å². The topological polar surface area (TPSA) is 176 Å². The maximum atomic E-state index is 13.4. The van der Waals surface area contributed by atoms with Gasteiger partial charge in [0.25, 0.3) is 11.8 Å². The van der Waals surface area contributed by atoms with Crippen LogP contribution in [0.4, 0.5) is 4.79 Å². The number of likely N-dealkylation sites (N-methyl/N-ethyl adjacent to an activating group) is 1. The molecule has 3 N–H and O–H groups in total. The number of nitrogens with zero attached hydrogens (tertiary/aromatic N) is 5. The molecular formula is C36H42N6O7S. The fourth-order valence-corrected chi connectivity index (χ4v) is 6.47. The summed E-state index contributed by atoms with van der Waals surface area (Å²) in [6.45, 7) is 15.0. The van der Waals surface area contributed by atoms with Crippen LogP contribution < -0.4 is 20.5 Å². The van der Waals surface area contributed by atoms with Crippen molar-refractivity contribution < 1.29 is 34.1 Å². The lowest BCUT2D eigenvalue weighted by Crippen LogP contribution is -2.43. The molecule has 1 aliphatic heterocycles. The van der Waals surface area contributed by atoms with Gasteiger partial charge in [0.1, 0.15) is 23.3 Å². The first-order valence-corrected chi connectivity index (χ1v) is 16.9. The number of hydrogen-bond donors (Lipinski definition) is 3. The number of carbonyl (C=O) groups is 4. The number of phenols is 2. The Morgan fingerprint density at radius 2 is 1.76 bits per heavy atom. The molecular weight excluding hydrogens is 660 g/mol. The van der Waals surface area contributed by atoms with E-state index in [-0.39, 0.29) is 65.7 Å². The smallest absolute Gasteiger partial charge is 0.415 e. The lowest BCUT2D eigenvalue weighted by atomic mass is 9.78. The Morgan fingerprint density at radius 3 is 2.44 bits per heavy atom. The second kappa shape index (κ2) is 16.0. The minimum Gasteiger partial charge on any atom is -0.507 e. The van der Waals surface area contributed by atoms with Gasteiger partial charge in [-0.05, 0) is 38.4 Å². The van der Waals surface area contributed by atoms with Crippen molar-refractivity contribution >= 4 is 58.5 Å². The molecule has 0 saturated carbocycles. The summed E-state index contributed by atoms with van der Waals surface area (Å²) in [5.41, 5.74) is 0.494. The van der Waals surface area contributed by atoms with Crippen molar-refractivity contribution in [2.45, 2.75) is 45.4 Å². The van der Waals surface area contributed by atoms with Crippen LogP contribution >= 0.6 is 11.3 Å². The molecule has 4 rings (SSSR count). The van der Waals surface area contributed by atoms with Gasteiger partial charge in [-0.25, -0.2) is 9.78 Å². The Balaban J connectivity index is 1.38. The molecule has 1 aliphatic rings. The molecule has 50 heavy (non-hydrogen) atoms. The number of hydrogen-bond acceptors (Lipinski definition) is 11. The Kier molecular flexibility index (Phi) is 12.0. The Hall–Kier alpha value is -5.26. The van der Waals surface area contributed by atoms with Crippen molar-refractivity contribution in [3.05, 3.63) is 56.9 Å². The highest BCUT2D eigenvalue weighted by molar-refractivity contribution is 7.19. The predicted octanol–water partition coefficient (Wildman–Crippen LogP) is 2.63. The summed E-state index contributed by atoms with van der Waals surface area (Å²) < 4.78 is 6.42. The van der Waals surface area contributed by atoms with Gasteiger partial charge < -0.3 is 30.1 Å². The number of amides is 4. The van der Waals surface area contributed by atoms with E-state index in [1.807, 2.05) is 6.07 Å². The molecule has 4 amide bonds. The third kappa shape index (κ3) is 8.66. The van der Waals surface area contributed by atoms with Gasteiger partial charge in [-0.15, -0.1) is 11.3 Å². The van der Waals surface area contributed by atoms with Crippen LogP contribution in [0.5, 0.6) is 17.2 Å². The molecule has 0 fully saturated rings. The number of ether oxygens (including phenoxy) is 1. The van der Waals surface area contributed by atoms with Gasteiger partial charge in [0.05, 0.1) is 10.2 Å². The largest absolute Gasteiger partial charge is 0.507 e. The van der Waals surface area contributed by atoms with Crippen molar-refractivity contribution in [1.29, 1.82) is 5.26 Å². The summed E-state index contributed by atoms with van der Waals surface area (Å²) in [5.74, 6) is -0.787. The summed E-state index contributed by atoms with van der Waals surface area (Å²) in [7, 11) is 1.63. The van der Waals surface area contributed by atoms with E-state index in [9.17, 15) is 34.7 Å². The fourth-order valence-electron chi connectivity index (χ4n) is 5.68. The van der Waals surface area contributed by atoms with Crippen molar-refractivity contribution in [2.75, 3.05) is 46.3 Å². The Bertz CT molecular complexity index is 1960. The summed E-state index contributed by atoms with van der Waals surface area (Å²) in [6, 6.07) is 6.96. The SMILES string of the molecule is C=c1c(C)c(O)c(=C)c(C(C)(C)CC(=O)N(C)CCN(CCCCNCCN2C(=O)C=CC2=O)C(=O)Oc2ccc3nc(C#N)sc3c2)c1O. The van der Waals surface area contributed by atoms with Crippen LogP contribution in [-0.2, 0) is 19.8 Å². The fraction of sp³-hybridized carbons (Fsp3) is 0.389. The maximum absolute atomic E-state index is 13.4. The molecule has 0 atom stereocenters. The van der Waals surface area contributed by atoms with Crippen LogP contribution in [0, 0.1) is 18.3 Å². The number of fused-ring (bicyclic) bond motifs is 1. The average molecular weight is 703 g/mol. The molecule has 2 heterocycles. The number of thiazole rings is 1. The number of nitrogens with one attached hydrogen (secondary N) is 1. The first-order chi connectivity index (χ1) is 23.6. The number of imide groups is 1. The van der Waals surface area contributed by atoms with E-state index in [1.54, 1.807) is 46.0 Å². The quantitative estimate of drug-likeness (QED) is 0.121. The number of phenolic OH excluding ortho intramolecular Hbond substituents is 2. The number of benzene rings is 2. The Labute approximate surface area is 294 Å². The zero-order valence-electron chi connectivity index (χ0n) is 28.7. The zero-order valence-corrected chi connectivity index (χ0v) is 29.6. The number of nitriles is 1. The van der Waals surface area contributed by atoms with E-state index in [0.717, 1.165) is 4.90 Å². The minimum atomic E-state index is -0.900. The summed E-state index contributed by atoms with van der Waals surface area (Å²) in [4.78, 5) is 58.7. The number of carbonyl (C=O) groups excluding carboxylic acids is 4. The highest BCUT2D eigenvalue weighted by atomic mass is 32.1. The van der Waals surface area contributed by atoms with Crippen LogP contribution in [0.25, 0.3) is 23.4 Å². The molecule has 0 saturated heterocycles. The minimum absolute atomic E-state index is 0.0120. The zero-order chi connectivity index (χ0) is 36.7. The monoisotopic (exact) mass is 702 g/mol.